The van der Waals surface area contributed by atoms with E-state index in [1.807, 2.05) is 30.3 Å². The average molecular weight is 364 g/mol. The minimum absolute atomic E-state index is 0.0833. The first-order chi connectivity index (χ1) is 12.6. The molecule has 0 spiro atoms. The summed E-state index contributed by atoms with van der Waals surface area (Å²) in [4.78, 5) is 28.7. The van der Waals surface area contributed by atoms with Gasteiger partial charge in [-0.1, -0.05) is 23.9 Å². The standard InChI is InChI=1S/C20H16N2O3S/c1-22-16-11-13(19(23)21-12-14-5-4-10-25-14)8-9-18(16)26-17-7-3-2-6-15(17)20(22)24/h2-11H,12H2,1H3,(H,21,23). The van der Waals surface area contributed by atoms with Gasteiger partial charge >= 0.3 is 0 Å². The molecule has 5 nitrogen and oxygen atoms in total. The summed E-state index contributed by atoms with van der Waals surface area (Å²) < 4.78 is 5.22. The first-order valence-corrected chi connectivity index (χ1v) is 8.95. The van der Waals surface area contributed by atoms with Gasteiger partial charge < -0.3 is 14.6 Å². The Hall–Kier alpha value is -2.99. The van der Waals surface area contributed by atoms with Crippen molar-refractivity contribution in [1.82, 2.24) is 5.32 Å². The molecule has 0 radical (unpaired) electrons. The quantitative estimate of drug-likeness (QED) is 0.764. The van der Waals surface area contributed by atoms with Gasteiger partial charge in [0.05, 0.1) is 24.1 Å². The third-order valence-electron chi connectivity index (χ3n) is 4.23. The van der Waals surface area contributed by atoms with Crippen LogP contribution in [0.5, 0.6) is 0 Å². The van der Waals surface area contributed by atoms with Crippen molar-refractivity contribution in [2.24, 2.45) is 0 Å². The molecule has 0 atom stereocenters. The van der Waals surface area contributed by atoms with Crippen LogP contribution in [0.3, 0.4) is 0 Å². The van der Waals surface area contributed by atoms with Gasteiger partial charge in [0.15, 0.2) is 0 Å². The highest BCUT2D eigenvalue weighted by molar-refractivity contribution is 7.99. The smallest absolute Gasteiger partial charge is 0.259 e. The summed E-state index contributed by atoms with van der Waals surface area (Å²) in [5.41, 5.74) is 1.89. The molecule has 0 saturated carbocycles. The molecule has 4 rings (SSSR count). The molecule has 2 amide bonds. The summed E-state index contributed by atoms with van der Waals surface area (Å²) in [6.45, 7) is 0.317. The lowest BCUT2D eigenvalue weighted by atomic mass is 10.1. The highest BCUT2D eigenvalue weighted by Crippen LogP contribution is 2.41. The second kappa shape index (κ2) is 6.72. The van der Waals surface area contributed by atoms with Crippen molar-refractivity contribution in [3.63, 3.8) is 0 Å². The van der Waals surface area contributed by atoms with Gasteiger partial charge in [0.2, 0.25) is 0 Å². The predicted octanol–water partition coefficient (Wildman–Crippen LogP) is 3.95. The van der Waals surface area contributed by atoms with Crippen LogP contribution in [0.1, 0.15) is 26.5 Å². The summed E-state index contributed by atoms with van der Waals surface area (Å²) in [7, 11) is 1.73. The molecule has 1 aliphatic heterocycles. The maximum absolute atomic E-state index is 12.8. The van der Waals surface area contributed by atoms with E-state index in [4.69, 9.17) is 4.42 Å². The average Bonchev–Trinajstić information content (AvgIpc) is 3.16. The number of carbonyl (C=O) groups is 2. The van der Waals surface area contributed by atoms with E-state index in [2.05, 4.69) is 5.32 Å². The number of hydrogen-bond donors (Lipinski definition) is 1. The number of hydrogen-bond acceptors (Lipinski definition) is 4. The molecule has 0 bridgehead atoms. The lowest BCUT2D eigenvalue weighted by molar-refractivity contribution is 0.0945. The van der Waals surface area contributed by atoms with E-state index >= 15 is 0 Å². The zero-order chi connectivity index (χ0) is 18.1. The second-order valence-corrected chi connectivity index (χ2v) is 6.99. The van der Waals surface area contributed by atoms with Crippen LogP contribution in [-0.4, -0.2) is 18.9 Å². The highest BCUT2D eigenvalue weighted by atomic mass is 32.2. The number of amides is 2. The second-order valence-electron chi connectivity index (χ2n) is 5.91. The fourth-order valence-electron chi connectivity index (χ4n) is 2.83. The molecule has 2 aromatic carbocycles. The minimum Gasteiger partial charge on any atom is -0.467 e. The summed E-state index contributed by atoms with van der Waals surface area (Å²) in [5.74, 6) is 0.392. The Labute approximate surface area is 155 Å². The molecule has 3 aromatic rings. The Morgan fingerprint density at radius 2 is 1.96 bits per heavy atom. The van der Waals surface area contributed by atoms with Crippen LogP contribution in [0.15, 0.2) is 75.1 Å². The first kappa shape index (κ1) is 16.5. The van der Waals surface area contributed by atoms with Gasteiger partial charge in [-0.2, -0.15) is 0 Å². The van der Waals surface area contributed by atoms with Crippen molar-refractivity contribution in [2.45, 2.75) is 16.3 Å². The number of fused-ring (bicyclic) bond motifs is 2. The van der Waals surface area contributed by atoms with Crippen molar-refractivity contribution >= 4 is 29.3 Å². The van der Waals surface area contributed by atoms with Crippen molar-refractivity contribution in [1.29, 1.82) is 0 Å². The largest absolute Gasteiger partial charge is 0.467 e. The Bertz CT molecular complexity index is 982. The lowest BCUT2D eigenvalue weighted by Gasteiger charge is -2.18. The molecule has 0 aliphatic carbocycles. The zero-order valence-corrected chi connectivity index (χ0v) is 14.9. The van der Waals surface area contributed by atoms with Gasteiger partial charge in [0.1, 0.15) is 5.76 Å². The maximum atomic E-state index is 12.8. The van der Waals surface area contributed by atoms with Crippen LogP contribution in [-0.2, 0) is 6.54 Å². The van der Waals surface area contributed by atoms with Crippen LogP contribution in [0.2, 0.25) is 0 Å². The Morgan fingerprint density at radius 1 is 1.12 bits per heavy atom. The summed E-state index contributed by atoms with van der Waals surface area (Å²) in [6.07, 6.45) is 1.57. The van der Waals surface area contributed by atoms with Gasteiger partial charge in [-0.3, -0.25) is 9.59 Å². The molecular formula is C20H16N2O3S. The van der Waals surface area contributed by atoms with E-state index in [-0.39, 0.29) is 11.8 Å². The third kappa shape index (κ3) is 2.99. The maximum Gasteiger partial charge on any atom is 0.259 e. The monoisotopic (exact) mass is 364 g/mol. The van der Waals surface area contributed by atoms with E-state index in [1.54, 1.807) is 42.5 Å². The van der Waals surface area contributed by atoms with Crippen molar-refractivity contribution in [3.8, 4) is 0 Å². The molecule has 1 N–H and O–H groups in total. The fourth-order valence-corrected chi connectivity index (χ4v) is 3.92. The van der Waals surface area contributed by atoms with Gasteiger partial charge in [-0.05, 0) is 42.5 Å². The number of nitrogens with zero attached hydrogens (tertiary/aromatic N) is 1. The predicted molar refractivity (Wildman–Crippen MR) is 99.6 cm³/mol. The molecule has 0 fully saturated rings. The molecule has 0 unspecified atom stereocenters. The van der Waals surface area contributed by atoms with Crippen LogP contribution in [0.25, 0.3) is 0 Å². The van der Waals surface area contributed by atoms with Gasteiger partial charge in [0, 0.05) is 22.4 Å². The van der Waals surface area contributed by atoms with E-state index in [0.29, 0.717) is 23.4 Å². The van der Waals surface area contributed by atoms with Gasteiger partial charge in [-0.15, -0.1) is 0 Å². The Kier molecular flexibility index (Phi) is 4.26. The number of carbonyl (C=O) groups excluding carboxylic acids is 2. The van der Waals surface area contributed by atoms with Gasteiger partial charge in [0.25, 0.3) is 11.8 Å². The minimum atomic E-state index is -0.211. The van der Waals surface area contributed by atoms with Crippen molar-refractivity contribution < 1.29 is 14.0 Å². The Morgan fingerprint density at radius 3 is 2.77 bits per heavy atom. The zero-order valence-electron chi connectivity index (χ0n) is 14.1. The number of nitrogens with one attached hydrogen (secondary N) is 1. The van der Waals surface area contributed by atoms with Gasteiger partial charge in [-0.25, -0.2) is 0 Å². The third-order valence-corrected chi connectivity index (χ3v) is 5.37. The Balaban J connectivity index is 1.62. The summed E-state index contributed by atoms with van der Waals surface area (Å²) in [5, 5.41) is 2.82. The molecule has 1 aromatic heterocycles. The number of furan rings is 1. The van der Waals surface area contributed by atoms with Crippen LogP contribution >= 0.6 is 11.8 Å². The van der Waals surface area contributed by atoms with E-state index in [9.17, 15) is 9.59 Å². The number of rotatable bonds is 3. The molecular weight excluding hydrogens is 348 g/mol. The van der Waals surface area contributed by atoms with E-state index in [0.717, 1.165) is 15.5 Å². The normalized spacial score (nSPS) is 13.0. The lowest BCUT2D eigenvalue weighted by Crippen LogP contribution is -2.27. The van der Waals surface area contributed by atoms with Crippen LogP contribution < -0.4 is 10.2 Å². The van der Waals surface area contributed by atoms with Crippen molar-refractivity contribution in [3.05, 3.63) is 77.7 Å². The van der Waals surface area contributed by atoms with Crippen LogP contribution in [0.4, 0.5) is 5.69 Å². The summed E-state index contributed by atoms with van der Waals surface area (Å²) in [6, 6.07) is 16.5. The van der Waals surface area contributed by atoms with Crippen molar-refractivity contribution in [2.75, 3.05) is 11.9 Å². The molecule has 130 valence electrons. The first-order valence-electron chi connectivity index (χ1n) is 8.13. The molecule has 2 heterocycles. The molecule has 6 heteroatoms. The highest BCUT2D eigenvalue weighted by Gasteiger charge is 2.25. The van der Waals surface area contributed by atoms with Crippen LogP contribution in [0, 0.1) is 0 Å². The molecule has 1 aliphatic rings. The SMILES string of the molecule is CN1C(=O)c2ccccc2Sc2ccc(C(=O)NCc3ccco3)cc21. The van der Waals surface area contributed by atoms with E-state index < -0.39 is 0 Å². The molecule has 26 heavy (non-hydrogen) atoms. The topological polar surface area (TPSA) is 62.6 Å². The fraction of sp³-hybridized carbons (Fsp3) is 0.100. The van der Waals surface area contributed by atoms with E-state index in [1.165, 1.54) is 11.8 Å². The summed E-state index contributed by atoms with van der Waals surface area (Å²) >= 11 is 1.53. The number of anilines is 1. The number of benzene rings is 2. The molecule has 0 saturated heterocycles.